The Kier molecular flexibility index (Phi) is 6.28. The molecule has 0 bridgehead atoms. The number of pyridine rings is 2. The van der Waals surface area contributed by atoms with Crippen molar-refractivity contribution in [2.75, 3.05) is 19.8 Å². The zero-order valence-corrected chi connectivity index (χ0v) is 21.2. The molecule has 0 spiro atoms. The molecule has 2 fully saturated rings. The number of fused-ring (bicyclic) bond motifs is 1. The van der Waals surface area contributed by atoms with Crippen LogP contribution in [0.3, 0.4) is 0 Å². The zero-order chi connectivity index (χ0) is 27.1. The van der Waals surface area contributed by atoms with E-state index in [1.54, 1.807) is 30.3 Å². The molecule has 13 heteroatoms. The highest BCUT2D eigenvalue weighted by atomic mass is 32.2. The molecular formula is C25H23N5O7S. The third-order valence-electron chi connectivity index (χ3n) is 6.71. The summed E-state index contributed by atoms with van der Waals surface area (Å²) >= 11 is 0. The molecule has 3 aromatic rings. The van der Waals surface area contributed by atoms with Crippen LogP contribution in [0.2, 0.25) is 0 Å². The summed E-state index contributed by atoms with van der Waals surface area (Å²) in [6.45, 7) is -0.130. The molecular weight excluding hydrogens is 514 g/mol. The van der Waals surface area contributed by atoms with Crippen LogP contribution in [0.4, 0.5) is 4.79 Å². The number of carbonyl (C=O) groups excluding carboxylic acids is 2. The smallest absolute Gasteiger partial charge is 0.423 e. The normalized spacial score (nSPS) is 16.1. The molecule has 1 N–H and O–H groups in total. The Morgan fingerprint density at radius 2 is 1.97 bits per heavy atom. The molecule has 5 rings (SSSR count). The number of aryl methyl sites for hydroxylation is 1. The SMILES string of the molecule is Cn1c(=O)c(C(=O)NCc2ccc(C#N)cc2)cc2ccnc(OCC3(S(=O)(=O)N4CCOC4=O)CC3)c21. The third kappa shape index (κ3) is 4.32. The van der Waals surface area contributed by atoms with Crippen LogP contribution in [0.15, 0.2) is 47.4 Å². The van der Waals surface area contributed by atoms with E-state index >= 15 is 0 Å². The molecule has 0 radical (unpaired) electrons. The van der Waals surface area contributed by atoms with E-state index in [9.17, 15) is 22.8 Å². The lowest BCUT2D eigenvalue weighted by Gasteiger charge is -2.22. The summed E-state index contributed by atoms with van der Waals surface area (Å²) in [5.41, 5.74) is 0.899. The van der Waals surface area contributed by atoms with Gasteiger partial charge in [0.1, 0.15) is 29.0 Å². The third-order valence-corrected chi connectivity index (χ3v) is 9.25. The predicted octanol–water partition coefficient (Wildman–Crippen LogP) is 1.43. The number of nitrogens with zero attached hydrogens (tertiary/aromatic N) is 4. The van der Waals surface area contributed by atoms with E-state index in [0.29, 0.717) is 29.3 Å². The van der Waals surface area contributed by atoms with Gasteiger partial charge in [-0.2, -0.15) is 5.26 Å². The highest BCUT2D eigenvalue weighted by Crippen LogP contribution is 2.46. The van der Waals surface area contributed by atoms with Crippen LogP contribution in [0.1, 0.15) is 34.3 Å². The Morgan fingerprint density at radius 1 is 1.24 bits per heavy atom. The maximum atomic E-state index is 13.1. The van der Waals surface area contributed by atoms with Crippen molar-refractivity contribution in [3.8, 4) is 11.9 Å². The highest BCUT2D eigenvalue weighted by molar-refractivity contribution is 7.91. The number of cyclic esters (lactones) is 1. The Morgan fingerprint density at radius 3 is 2.61 bits per heavy atom. The van der Waals surface area contributed by atoms with Crippen LogP contribution in [0, 0.1) is 11.3 Å². The molecule has 1 aromatic carbocycles. The number of hydrogen-bond acceptors (Lipinski definition) is 9. The molecule has 1 aliphatic heterocycles. The van der Waals surface area contributed by atoms with Crippen molar-refractivity contribution in [2.24, 2.45) is 7.05 Å². The van der Waals surface area contributed by atoms with Gasteiger partial charge in [-0.25, -0.2) is 22.5 Å². The van der Waals surface area contributed by atoms with E-state index in [4.69, 9.17) is 14.7 Å². The Balaban J connectivity index is 1.36. The lowest BCUT2D eigenvalue weighted by molar-refractivity contribution is 0.0949. The second-order valence-corrected chi connectivity index (χ2v) is 11.4. The van der Waals surface area contributed by atoms with Crippen LogP contribution >= 0.6 is 0 Å². The first-order valence-corrected chi connectivity index (χ1v) is 13.2. The number of ether oxygens (including phenoxy) is 2. The van der Waals surface area contributed by atoms with Gasteiger partial charge in [0.25, 0.3) is 11.5 Å². The summed E-state index contributed by atoms with van der Waals surface area (Å²) < 4.78 is 37.4. The Labute approximate surface area is 217 Å². The topological polar surface area (TPSA) is 161 Å². The van der Waals surface area contributed by atoms with Crippen LogP contribution in [0.25, 0.3) is 10.9 Å². The molecule has 2 aromatic heterocycles. The lowest BCUT2D eigenvalue weighted by Crippen LogP contribution is -2.43. The van der Waals surface area contributed by atoms with Gasteiger partial charge in [0, 0.05) is 25.2 Å². The average Bonchev–Trinajstić information content (AvgIpc) is 3.60. The Hall–Kier alpha value is -4.44. The van der Waals surface area contributed by atoms with Crippen LogP contribution in [-0.4, -0.2) is 58.8 Å². The van der Waals surface area contributed by atoms with Crippen molar-refractivity contribution in [1.29, 1.82) is 5.26 Å². The summed E-state index contributed by atoms with van der Waals surface area (Å²) in [4.78, 5) is 42.0. The summed E-state index contributed by atoms with van der Waals surface area (Å²) in [7, 11) is -2.53. The van der Waals surface area contributed by atoms with Gasteiger partial charge in [-0.05, 0) is 42.7 Å². The van der Waals surface area contributed by atoms with E-state index in [0.717, 1.165) is 9.87 Å². The number of carbonyl (C=O) groups is 2. The molecule has 0 unspecified atom stereocenters. The van der Waals surface area contributed by atoms with Crippen molar-refractivity contribution in [3.63, 3.8) is 0 Å². The van der Waals surface area contributed by atoms with Crippen LogP contribution < -0.4 is 15.6 Å². The minimum absolute atomic E-state index is 0.00533. The van der Waals surface area contributed by atoms with Gasteiger partial charge >= 0.3 is 6.09 Å². The Bertz CT molecular complexity index is 1650. The van der Waals surface area contributed by atoms with Gasteiger partial charge in [-0.1, -0.05) is 12.1 Å². The van der Waals surface area contributed by atoms with E-state index in [1.165, 1.54) is 23.9 Å². The van der Waals surface area contributed by atoms with Gasteiger partial charge in [0.2, 0.25) is 15.9 Å². The lowest BCUT2D eigenvalue weighted by atomic mass is 10.1. The van der Waals surface area contributed by atoms with Crippen LogP contribution in [-0.2, 0) is 28.4 Å². The van der Waals surface area contributed by atoms with Crippen LogP contribution in [0.5, 0.6) is 5.88 Å². The molecule has 1 saturated carbocycles. The first-order chi connectivity index (χ1) is 18.2. The fourth-order valence-electron chi connectivity index (χ4n) is 4.29. The molecule has 1 aliphatic carbocycles. The van der Waals surface area contributed by atoms with Crippen molar-refractivity contribution < 1.29 is 27.5 Å². The number of nitriles is 1. The number of amides is 2. The average molecular weight is 538 g/mol. The summed E-state index contributed by atoms with van der Waals surface area (Å²) in [5.74, 6) is -0.534. The largest absolute Gasteiger partial charge is 0.474 e. The number of rotatable bonds is 8. The van der Waals surface area contributed by atoms with E-state index in [2.05, 4.69) is 10.3 Å². The molecule has 38 heavy (non-hydrogen) atoms. The minimum Gasteiger partial charge on any atom is -0.474 e. The second kappa shape index (κ2) is 9.46. The van der Waals surface area contributed by atoms with Gasteiger partial charge in [0.15, 0.2) is 0 Å². The molecule has 1 saturated heterocycles. The van der Waals surface area contributed by atoms with Crippen molar-refractivity contribution in [1.82, 2.24) is 19.2 Å². The fraction of sp³-hybridized carbons (Fsp3) is 0.320. The zero-order valence-electron chi connectivity index (χ0n) is 20.3. The molecule has 2 amide bonds. The van der Waals surface area contributed by atoms with Crippen molar-refractivity contribution >= 4 is 32.9 Å². The summed E-state index contributed by atoms with van der Waals surface area (Å²) in [5, 5.41) is 12.1. The molecule has 0 atom stereocenters. The van der Waals surface area contributed by atoms with Gasteiger partial charge in [0.05, 0.1) is 18.2 Å². The molecule has 196 valence electrons. The number of nitrogens with one attached hydrogen (secondary N) is 1. The summed E-state index contributed by atoms with van der Waals surface area (Å²) in [6.07, 6.45) is 1.16. The van der Waals surface area contributed by atoms with E-state index < -0.39 is 32.3 Å². The first kappa shape index (κ1) is 25.2. The molecule has 3 heterocycles. The second-order valence-electron chi connectivity index (χ2n) is 9.13. The predicted molar refractivity (Wildman–Crippen MR) is 134 cm³/mol. The maximum Gasteiger partial charge on any atom is 0.423 e. The maximum absolute atomic E-state index is 13.1. The summed E-state index contributed by atoms with van der Waals surface area (Å²) in [6, 6.07) is 11.8. The van der Waals surface area contributed by atoms with Gasteiger partial charge in [-0.15, -0.1) is 0 Å². The number of aromatic nitrogens is 2. The van der Waals surface area contributed by atoms with Crippen molar-refractivity contribution in [3.05, 3.63) is 69.6 Å². The molecule has 2 aliphatic rings. The standard InChI is InChI=1S/C25H23N5O7S/c1-29-20-18(12-19(23(29)32)21(31)28-14-17-4-2-16(13-26)3-5-17)6-9-27-22(20)37-15-25(7-8-25)38(34,35)30-10-11-36-24(30)33/h2-6,9,12H,7-8,10-11,14-15H2,1H3,(H,28,31). The number of benzene rings is 1. The molecule has 12 nitrogen and oxygen atoms in total. The van der Waals surface area contributed by atoms with Crippen molar-refractivity contribution in [2.45, 2.75) is 24.1 Å². The number of sulfonamides is 1. The number of hydrogen-bond donors (Lipinski definition) is 1. The van der Waals surface area contributed by atoms with E-state index in [1.807, 2.05) is 6.07 Å². The first-order valence-electron chi connectivity index (χ1n) is 11.7. The fourth-order valence-corrected chi connectivity index (χ4v) is 6.15. The monoisotopic (exact) mass is 537 g/mol. The minimum atomic E-state index is -4.00. The van der Waals surface area contributed by atoms with Gasteiger partial charge < -0.3 is 19.4 Å². The van der Waals surface area contributed by atoms with E-state index in [-0.39, 0.29) is 37.7 Å². The quantitative estimate of drug-likeness (QED) is 0.448. The highest BCUT2D eigenvalue weighted by Gasteiger charge is 2.60. The van der Waals surface area contributed by atoms with Gasteiger partial charge in [-0.3, -0.25) is 9.59 Å².